The number of likely N-dealkylation sites (N-methyl/N-ethyl adjacent to an activating group) is 1. The number of piperazine rings is 1. The molecule has 15 heteroatoms. The summed E-state index contributed by atoms with van der Waals surface area (Å²) in [6.07, 6.45) is 0.778. The van der Waals surface area contributed by atoms with Gasteiger partial charge in [-0.05, 0) is 37.7 Å². The van der Waals surface area contributed by atoms with Gasteiger partial charge in [0.2, 0.25) is 5.82 Å². The van der Waals surface area contributed by atoms with E-state index in [-0.39, 0.29) is 19.2 Å². The average molecular weight is 591 g/mol. The van der Waals surface area contributed by atoms with Crippen molar-refractivity contribution in [2.75, 3.05) is 33.2 Å². The second-order valence-corrected chi connectivity index (χ2v) is 11.2. The molecule has 1 amide bonds. The van der Waals surface area contributed by atoms with E-state index < -0.39 is 57.9 Å². The van der Waals surface area contributed by atoms with Crippen molar-refractivity contribution in [2.24, 2.45) is 0 Å². The molecule has 0 bridgehead atoms. The molecule has 1 saturated carbocycles. The molecule has 1 aromatic heterocycles. The highest BCUT2D eigenvalue weighted by Crippen LogP contribution is 2.32. The van der Waals surface area contributed by atoms with E-state index >= 15 is 0 Å². The Kier molecular flexibility index (Phi) is 9.48. The van der Waals surface area contributed by atoms with Gasteiger partial charge in [0.1, 0.15) is 18.0 Å². The second kappa shape index (κ2) is 12.7. The van der Waals surface area contributed by atoms with Crippen LogP contribution < -0.4 is 14.2 Å². The molecule has 2 heterocycles. The summed E-state index contributed by atoms with van der Waals surface area (Å²) in [6.45, 7) is 0.153. The monoisotopic (exact) mass is 590 g/mol. The van der Waals surface area contributed by atoms with Crippen molar-refractivity contribution in [3.63, 3.8) is 0 Å². The number of hydrogen-bond acceptors (Lipinski definition) is 8. The van der Waals surface area contributed by atoms with Crippen molar-refractivity contribution >= 4 is 16.1 Å². The van der Waals surface area contributed by atoms with E-state index in [1.54, 1.807) is 23.8 Å². The summed E-state index contributed by atoms with van der Waals surface area (Å²) in [5.41, 5.74) is -0.394. The average Bonchev–Trinajstić information content (AvgIpc) is 2.88. The summed E-state index contributed by atoms with van der Waals surface area (Å²) in [6, 6.07) is 5.17. The number of benzene rings is 1. The SMILES string of the molecule is CC[C@@H](Oc1ccc(C(=O)NS(=O)(=O)N2CCN(C)CC2)c(F)c1F)c1ccc(OC2CC(OC(F)F)C2)cn1. The number of nitrogens with zero attached hydrogens (tertiary/aromatic N) is 3. The topological polar surface area (TPSA) is 110 Å². The minimum absolute atomic E-state index is 0.152. The number of pyridine rings is 1. The molecule has 0 radical (unpaired) electrons. The van der Waals surface area contributed by atoms with Crippen LogP contribution in [0.2, 0.25) is 0 Å². The van der Waals surface area contributed by atoms with Gasteiger partial charge in [-0.15, -0.1) is 0 Å². The van der Waals surface area contributed by atoms with Crippen LogP contribution in [0, 0.1) is 11.6 Å². The van der Waals surface area contributed by atoms with Crippen molar-refractivity contribution in [1.82, 2.24) is 18.9 Å². The lowest BCUT2D eigenvalue weighted by Crippen LogP contribution is -2.52. The molecule has 1 N–H and O–H groups in total. The molecule has 1 atom stereocenters. The zero-order valence-electron chi connectivity index (χ0n) is 21.9. The lowest BCUT2D eigenvalue weighted by molar-refractivity contribution is -0.196. The van der Waals surface area contributed by atoms with Gasteiger partial charge in [-0.2, -0.15) is 25.9 Å². The highest BCUT2D eigenvalue weighted by Gasteiger charge is 2.34. The van der Waals surface area contributed by atoms with Crippen LogP contribution in [0.1, 0.15) is 48.3 Å². The van der Waals surface area contributed by atoms with Gasteiger partial charge in [-0.25, -0.2) is 9.11 Å². The van der Waals surface area contributed by atoms with Gasteiger partial charge in [0.05, 0.1) is 23.6 Å². The molecule has 4 rings (SSSR count). The number of ether oxygens (including phenoxy) is 3. The molecule has 1 aromatic carbocycles. The van der Waals surface area contributed by atoms with Crippen LogP contribution in [0.25, 0.3) is 0 Å². The number of alkyl halides is 2. The van der Waals surface area contributed by atoms with E-state index in [1.807, 2.05) is 11.9 Å². The van der Waals surface area contributed by atoms with Gasteiger partial charge in [0.15, 0.2) is 11.6 Å². The molecular weight excluding hydrogens is 560 g/mol. The number of hydrogen-bond donors (Lipinski definition) is 1. The number of carbonyl (C=O) groups is 1. The van der Waals surface area contributed by atoms with Crippen molar-refractivity contribution in [3.05, 3.63) is 53.4 Å². The molecule has 1 aliphatic carbocycles. The molecule has 1 saturated heterocycles. The fraction of sp³-hybridized carbons (Fsp3) is 0.520. The first-order valence-corrected chi connectivity index (χ1v) is 14.1. The van der Waals surface area contributed by atoms with Gasteiger partial charge in [-0.1, -0.05) is 6.92 Å². The maximum atomic E-state index is 14.9. The molecule has 40 heavy (non-hydrogen) atoms. The van der Waals surface area contributed by atoms with E-state index in [4.69, 9.17) is 9.47 Å². The third-order valence-corrected chi connectivity index (χ3v) is 8.18. The number of halogens is 4. The molecular formula is C25H30F4N4O6S. The Morgan fingerprint density at radius 3 is 2.38 bits per heavy atom. The van der Waals surface area contributed by atoms with Crippen molar-refractivity contribution in [3.8, 4) is 11.5 Å². The van der Waals surface area contributed by atoms with Gasteiger partial charge >= 0.3 is 16.8 Å². The van der Waals surface area contributed by atoms with E-state index in [2.05, 4.69) is 9.72 Å². The third kappa shape index (κ3) is 7.19. The van der Waals surface area contributed by atoms with E-state index in [1.165, 1.54) is 6.20 Å². The Hall–Kier alpha value is -3.01. The smallest absolute Gasteiger partial charge is 0.345 e. The lowest BCUT2D eigenvalue weighted by atomic mass is 9.92. The Bertz CT molecular complexity index is 1290. The number of aromatic nitrogens is 1. The molecule has 0 spiro atoms. The summed E-state index contributed by atoms with van der Waals surface area (Å²) in [5.74, 6) is -4.38. The first-order valence-electron chi connectivity index (χ1n) is 12.7. The molecule has 2 aliphatic rings. The zero-order valence-corrected chi connectivity index (χ0v) is 22.7. The highest BCUT2D eigenvalue weighted by atomic mass is 32.2. The Morgan fingerprint density at radius 1 is 1.07 bits per heavy atom. The molecule has 2 aromatic rings. The summed E-state index contributed by atoms with van der Waals surface area (Å²) < 4.78 is 97.8. The molecule has 0 unspecified atom stereocenters. The van der Waals surface area contributed by atoms with Crippen LogP contribution in [0.5, 0.6) is 11.5 Å². The van der Waals surface area contributed by atoms with Gasteiger partial charge < -0.3 is 19.1 Å². The fourth-order valence-corrected chi connectivity index (χ4v) is 5.40. The normalized spacial score (nSPS) is 21.1. The number of carbonyl (C=O) groups excluding carboxylic acids is 1. The van der Waals surface area contributed by atoms with Crippen molar-refractivity contribution in [1.29, 1.82) is 0 Å². The van der Waals surface area contributed by atoms with Crippen molar-refractivity contribution < 1.29 is 45.0 Å². The summed E-state index contributed by atoms with van der Waals surface area (Å²) in [4.78, 5) is 18.7. The Balaban J connectivity index is 1.37. The van der Waals surface area contributed by atoms with Gasteiger partial charge in [0, 0.05) is 39.0 Å². The molecule has 2 fully saturated rings. The van der Waals surface area contributed by atoms with E-state index in [0.717, 1.165) is 16.4 Å². The van der Waals surface area contributed by atoms with Crippen LogP contribution in [0.4, 0.5) is 17.6 Å². The Morgan fingerprint density at radius 2 is 1.77 bits per heavy atom. The fourth-order valence-electron chi connectivity index (χ4n) is 4.28. The number of nitrogens with one attached hydrogen (secondary N) is 1. The zero-order chi connectivity index (χ0) is 29.0. The number of rotatable bonds is 11. The van der Waals surface area contributed by atoms with E-state index in [0.29, 0.717) is 43.8 Å². The van der Waals surface area contributed by atoms with Gasteiger partial charge in [0.25, 0.3) is 5.91 Å². The largest absolute Gasteiger partial charge is 0.489 e. The van der Waals surface area contributed by atoms with Crippen LogP contribution in [0.15, 0.2) is 30.5 Å². The molecule has 10 nitrogen and oxygen atoms in total. The molecule has 1 aliphatic heterocycles. The minimum Gasteiger partial charge on any atom is -0.489 e. The summed E-state index contributed by atoms with van der Waals surface area (Å²) >= 11 is 0. The Labute approximate surface area is 229 Å². The lowest BCUT2D eigenvalue weighted by Gasteiger charge is -2.34. The molecule has 220 valence electrons. The van der Waals surface area contributed by atoms with Crippen molar-refractivity contribution in [2.45, 2.75) is 51.1 Å². The number of amides is 1. The quantitative estimate of drug-likeness (QED) is 0.398. The predicted octanol–water partition coefficient (Wildman–Crippen LogP) is 3.26. The standard InChI is InChI=1S/C25H30F4N4O6S/c1-3-20(19-6-4-15(14-30-19)37-16-12-17(13-16)38-25(28)29)39-21-7-5-18(22(26)23(21)27)24(34)31-40(35,36)33-10-8-32(2)9-11-33/h4-7,14,16-17,20,25H,3,8-13H2,1-2H3,(H,31,34)/t16?,17?,20-/m1/s1. The van der Waals surface area contributed by atoms with Gasteiger partial charge in [-0.3, -0.25) is 9.78 Å². The van der Waals surface area contributed by atoms with Crippen LogP contribution in [-0.4, -0.2) is 80.6 Å². The maximum absolute atomic E-state index is 14.9. The van der Waals surface area contributed by atoms with Crippen LogP contribution in [0.3, 0.4) is 0 Å². The summed E-state index contributed by atoms with van der Waals surface area (Å²) in [5, 5.41) is 0. The summed E-state index contributed by atoms with van der Waals surface area (Å²) in [7, 11) is -2.41. The first kappa shape index (κ1) is 30.0. The highest BCUT2D eigenvalue weighted by molar-refractivity contribution is 7.87. The van der Waals surface area contributed by atoms with Crippen LogP contribution in [-0.2, 0) is 14.9 Å². The third-order valence-electron chi connectivity index (χ3n) is 6.69. The maximum Gasteiger partial charge on any atom is 0.345 e. The first-order chi connectivity index (χ1) is 19.0. The van der Waals surface area contributed by atoms with E-state index in [9.17, 15) is 30.8 Å². The van der Waals surface area contributed by atoms with Crippen LogP contribution >= 0.6 is 0 Å². The second-order valence-electron chi connectivity index (χ2n) is 9.54. The predicted molar refractivity (Wildman–Crippen MR) is 134 cm³/mol. The minimum atomic E-state index is -4.24.